The highest BCUT2D eigenvalue weighted by molar-refractivity contribution is 7.18. The van der Waals surface area contributed by atoms with Crippen molar-refractivity contribution in [2.75, 3.05) is 19.0 Å². The SMILES string of the molecule is COCC1(C(=O)CC(C)(C)C(=O)Nc2nc(C(F)(F)F)c(C(=O)c3ccc(F)cc3)s2)CC1. The Hall–Kier alpha value is -2.66. The molecule has 6 nitrogen and oxygen atoms in total. The topological polar surface area (TPSA) is 85.4 Å². The molecular weight excluding hydrogens is 464 g/mol. The van der Waals surface area contributed by atoms with Crippen LogP contribution in [0.2, 0.25) is 0 Å². The van der Waals surface area contributed by atoms with Gasteiger partial charge in [0.05, 0.1) is 17.4 Å². The van der Waals surface area contributed by atoms with Crippen molar-refractivity contribution < 1.29 is 36.7 Å². The number of anilines is 1. The number of amides is 1. The number of benzene rings is 1. The molecule has 1 heterocycles. The summed E-state index contributed by atoms with van der Waals surface area (Å²) in [6, 6.07) is 4.05. The number of nitrogens with zero attached hydrogens (tertiary/aromatic N) is 1. The number of carbonyl (C=O) groups is 3. The third-order valence-corrected chi connectivity index (χ3v) is 6.48. The molecule has 0 aliphatic heterocycles. The summed E-state index contributed by atoms with van der Waals surface area (Å²) in [5.41, 5.74) is -3.43. The molecule has 0 atom stereocenters. The van der Waals surface area contributed by atoms with Crippen molar-refractivity contribution in [1.82, 2.24) is 4.98 Å². The van der Waals surface area contributed by atoms with Gasteiger partial charge >= 0.3 is 6.18 Å². The maximum Gasteiger partial charge on any atom is 0.435 e. The first-order valence-corrected chi connectivity index (χ1v) is 10.8. The van der Waals surface area contributed by atoms with Crippen molar-refractivity contribution >= 4 is 33.9 Å². The first kappa shape index (κ1) is 25.0. The molecule has 0 radical (unpaired) electrons. The van der Waals surface area contributed by atoms with E-state index < -0.39 is 50.2 Å². The van der Waals surface area contributed by atoms with Gasteiger partial charge in [-0.1, -0.05) is 25.2 Å². The highest BCUT2D eigenvalue weighted by Gasteiger charge is 2.51. The summed E-state index contributed by atoms with van der Waals surface area (Å²) in [7, 11) is 1.48. The highest BCUT2D eigenvalue weighted by atomic mass is 32.1. The van der Waals surface area contributed by atoms with Crippen LogP contribution in [0.25, 0.3) is 0 Å². The highest BCUT2D eigenvalue weighted by Crippen LogP contribution is 2.49. The summed E-state index contributed by atoms with van der Waals surface area (Å²) >= 11 is 0.372. The van der Waals surface area contributed by atoms with E-state index in [2.05, 4.69) is 10.3 Å². The molecular formula is C22H22F4N2O4S. The lowest BCUT2D eigenvalue weighted by Gasteiger charge is -2.24. The summed E-state index contributed by atoms with van der Waals surface area (Å²) in [5, 5.41) is 1.89. The van der Waals surface area contributed by atoms with Crippen LogP contribution in [0.3, 0.4) is 0 Å². The number of halogens is 4. The smallest absolute Gasteiger partial charge is 0.384 e. The molecule has 1 amide bonds. The van der Waals surface area contributed by atoms with Crippen LogP contribution in [0.15, 0.2) is 24.3 Å². The average molecular weight is 486 g/mol. The number of ketones is 2. The Morgan fingerprint density at radius 2 is 1.76 bits per heavy atom. The molecule has 11 heteroatoms. The minimum Gasteiger partial charge on any atom is -0.384 e. The number of aromatic nitrogens is 1. The van der Waals surface area contributed by atoms with E-state index in [1.54, 1.807) is 0 Å². The van der Waals surface area contributed by atoms with Gasteiger partial charge in [0.1, 0.15) is 16.5 Å². The van der Waals surface area contributed by atoms with Crippen LogP contribution in [0, 0.1) is 16.6 Å². The van der Waals surface area contributed by atoms with E-state index in [1.807, 2.05) is 0 Å². The number of ether oxygens (including phenoxy) is 1. The van der Waals surface area contributed by atoms with Gasteiger partial charge in [-0.2, -0.15) is 13.2 Å². The van der Waals surface area contributed by atoms with Crippen LogP contribution in [0.4, 0.5) is 22.7 Å². The zero-order valence-electron chi connectivity index (χ0n) is 18.1. The Morgan fingerprint density at radius 3 is 2.27 bits per heavy atom. The number of rotatable bonds is 9. The number of methoxy groups -OCH3 is 1. The van der Waals surface area contributed by atoms with Crippen molar-refractivity contribution in [1.29, 1.82) is 0 Å². The third kappa shape index (κ3) is 5.47. The Morgan fingerprint density at radius 1 is 1.15 bits per heavy atom. The molecule has 1 aromatic heterocycles. The number of Topliss-reactive ketones (excluding diaryl/α,β-unsaturated/α-hetero) is 1. The van der Waals surface area contributed by atoms with E-state index in [4.69, 9.17) is 4.74 Å². The van der Waals surface area contributed by atoms with Gasteiger partial charge in [0, 0.05) is 19.1 Å². The van der Waals surface area contributed by atoms with Gasteiger partial charge in [-0.3, -0.25) is 14.4 Å². The lowest BCUT2D eigenvalue weighted by atomic mass is 9.82. The van der Waals surface area contributed by atoms with Gasteiger partial charge in [0.2, 0.25) is 11.7 Å². The molecule has 0 saturated heterocycles. The lowest BCUT2D eigenvalue weighted by molar-refractivity contribution is -0.141. The third-order valence-electron chi connectivity index (χ3n) is 5.51. The van der Waals surface area contributed by atoms with Crippen LogP contribution in [-0.4, -0.2) is 36.2 Å². The molecule has 33 heavy (non-hydrogen) atoms. The van der Waals surface area contributed by atoms with Crippen molar-refractivity contribution in [2.45, 2.75) is 39.3 Å². The number of nitrogens with one attached hydrogen (secondary N) is 1. The monoisotopic (exact) mass is 486 g/mol. The molecule has 0 spiro atoms. The normalized spacial score (nSPS) is 15.2. The van der Waals surface area contributed by atoms with Crippen LogP contribution < -0.4 is 5.32 Å². The minimum absolute atomic E-state index is 0.124. The number of thiazole rings is 1. The fourth-order valence-electron chi connectivity index (χ4n) is 3.32. The average Bonchev–Trinajstić information content (AvgIpc) is 3.38. The molecule has 1 fully saturated rings. The zero-order valence-corrected chi connectivity index (χ0v) is 19.0. The van der Waals surface area contributed by atoms with Crippen molar-refractivity contribution in [3.05, 3.63) is 46.2 Å². The molecule has 1 aliphatic carbocycles. The van der Waals surface area contributed by atoms with Crippen molar-refractivity contribution in [3.8, 4) is 0 Å². The van der Waals surface area contributed by atoms with Gasteiger partial charge < -0.3 is 10.1 Å². The minimum atomic E-state index is -4.95. The van der Waals surface area contributed by atoms with Gasteiger partial charge in [-0.05, 0) is 37.1 Å². The van der Waals surface area contributed by atoms with Crippen molar-refractivity contribution in [2.24, 2.45) is 10.8 Å². The Kier molecular flexibility index (Phi) is 6.77. The van der Waals surface area contributed by atoms with Gasteiger partial charge in [0.25, 0.3) is 0 Å². The van der Waals surface area contributed by atoms with E-state index in [0.717, 1.165) is 24.3 Å². The molecule has 0 bridgehead atoms. The fourth-order valence-corrected chi connectivity index (χ4v) is 4.26. The maximum absolute atomic E-state index is 13.5. The van der Waals surface area contributed by atoms with Crippen molar-refractivity contribution in [3.63, 3.8) is 0 Å². The number of carbonyl (C=O) groups excluding carboxylic acids is 3. The number of alkyl halides is 3. The van der Waals surface area contributed by atoms with Crippen LogP contribution >= 0.6 is 11.3 Å². The largest absolute Gasteiger partial charge is 0.435 e. The van der Waals surface area contributed by atoms with Gasteiger partial charge in [-0.25, -0.2) is 9.37 Å². The Balaban J connectivity index is 1.81. The second-order valence-corrected chi connectivity index (χ2v) is 9.68. The van der Waals surface area contributed by atoms with E-state index >= 15 is 0 Å². The first-order valence-electron chi connectivity index (χ1n) is 10.0. The first-order chi connectivity index (χ1) is 15.3. The Labute approximate surface area is 191 Å². The zero-order chi connectivity index (χ0) is 24.6. The predicted octanol–water partition coefficient (Wildman–Crippen LogP) is 4.88. The van der Waals surface area contributed by atoms with E-state index in [-0.39, 0.29) is 24.4 Å². The molecule has 1 N–H and O–H groups in total. The molecule has 1 saturated carbocycles. The van der Waals surface area contributed by atoms with E-state index in [9.17, 15) is 31.9 Å². The van der Waals surface area contributed by atoms with E-state index in [1.165, 1.54) is 21.0 Å². The molecule has 1 aromatic carbocycles. The summed E-state index contributed by atoms with van der Waals surface area (Å²) in [5.74, 6) is -2.49. The summed E-state index contributed by atoms with van der Waals surface area (Å²) in [6.45, 7) is 3.26. The lowest BCUT2D eigenvalue weighted by Crippen LogP contribution is -2.36. The summed E-state index contributed by atoms with van der Waals surface area (Å²) < 4.78 is 58.8. The van der Waals surface area contributed by atoms with Crippen LogP contribution in [0.1, 0.15) is 54.0 Å². The number of hydrogen-bond acceptors (Lipinski definition) is 6. The molecule has 0 unspecified atom stereocenters. The van der Waals surface area contributed by atoms with E-state index in [0.29, 0.717) is 24.2 Å². The second kappa shape index (κ2) is 8.94. The maximum atomic E-state index is 13.5. The number of hydrogen-bond donors (Lipinski definition) is 1. The standard InChI is InChI=1S/C22H22F4N2O4S/c1-20(2,10-14(29)21(8-9-21)11-32-3)18(31)28-19-27-17(22(24,25)26)16(33-19)15(30)12-4-6-13(23)7-5-12/h4-7H,8-11H2,1-3H3,(H,27,28,31). The van der Waals surface area contributed by atoms with Gasteiger partial charge in [-0.15, -0.1) is 0 Å². The quantitative estimate of drug-likeness (QED) is 0.403. The fraction of sp³-hybridized carbons (Fsp3) is 0.455. The Bertz CT molecular complexity index is 1070. The molecule has 3 rings (SSSR count). The molecule has 1 aliphatic rings. The summed E-state index contributed by atoms with van der Waals surface area (Å²) in [4.78, 5) is 40.8. The predicted molar refractivity (Wildman–Crippen MR) is 113 cm³/mol. The van der Waals surface area contributed by atoms with Gasteiger partial charge in [0.15, 0.2) is 10.8 Å². The molecule has 2 aromatic rings. The molecule has 178 valence electrons. The summed E-state index contributed by atoms with van der Waals surface area (Å²) in [6.07, 6.45) is -3.75. The van der Waals surface area contributed by atoms with Crippen LogP contribution in [0.5, 0.6) is 0 Å². The second-order valence-electron chi connectivity index (χ2n) is 8.68. The van der Waals surface area contributed by atoms with Crippen LogP contribution in [-0.2, 0) is 20.5 Å².